The Hall–Kier alpha value is -3.06. The first-order valence-corrected chi connectivity index (χ1v) is 8.10. The fourth-order valence-electron chi connectivity index (χ4n) is 2.32. The topological polar surface area (TPSA) is 86.5 Å². The van der Waals surface area contributed by atoms with Crippen LogP contribution >= 0.6 is 11.6 Å². The highest BCUT2D eigenvalue weighted by Gasteiger charge is 2.17. The number of rotatable bonds is 6. The first-order valence-electron chi connectivity index (χ1n) is 7.72. The van der Waals surface area contributed by atoms with Gasteiger partial charge >= 0.3 is 0 Å². The molecule has 7 nitrogen and oxygen atoms in total. The summed E-state index contributed by atoms with van der Waals surface area (Å²) in [7, 11) is 1.60. The molecule has 1 N–H and O–H groups in total. The van der Waals surface area contributed by atoms with Gasteiger partial charge < -0.3 is 14.8 Å². The lowest BCUT2D eigenvalue weighted by molar-refractivity contribution is -0.118. The normalized spacial score (nSPS) is 10.4. The average Bonchev–Trinajstić information content (AvgIpc) is 3.09. The Labute approximate surface area is 154 Å². The van der Waals surface area contributed by atoms with E-state index in [0.717, 1.165) is 16.9 Å². The molecule has 0 spiro atoms. The molecule has 0 saturated heterocycles. The van der Waals surface area contributed by atoms with Crippen molar-refractivity contribution in [1.82, 2.24) is 10.3 Å². The van der Waals surface area contributed by atoms with Gasteiger partial charge in [0.25, 0.3) is 5.91 Å². The molecule has 0 bridgehead atoms. The van der Waals surface area contributed by atoms with E-state index in [1.165, 1.54) is 0 Å². The molecular formula is C18H16ClN3O4. The van der Waals surface area contributed by atoms with Gasteiger partial charge in [-0.25, -0.2) is 4.63 Å². The quantitative estimate of drug-likeness (QED) is 0.708. The molecule has 1 amide bonds. The van der Waals surface area contributed by atoms with Gasteiger partial charge in [0.1, 0.15) is 11.5 Å². The number of nitrogens with zero attached hydrogens (tertiary/aromatic N) is 2. The highest BCUT2D eigenvalue weighted by atomic mass is 35.5. The number of hydrogen-bond acceptors (Lipinski definition) is 6. The zero-order valence-electron chi connectivity index (χ0n) is 14.2. The Kier molecular flexibility index (Phi) is 5.38. The zero-order valence-corrected chi connectivity index (χ0v) is 14.9. The molecule has 1 aromatic heterocycles. The van der Waals surface area contributed by atoms with Crippen LogP contribution in [0.25, 0.3) is 11.3 Å². The second-order valence-corrected chi connectivity index (χ2v) is 5.87. The highest BCUT2D eigenvalue weighted by molar-refractivity contribution is 6.30. The lowest BCUT2D eigenvalue weighted by Crippen LogP contribution is -2.20. The van der Waals surface area contributed by atoms with Gasteiger partial charge in [-0.15, -0.1) is 0 Å². The number of anilines is 1. The van der Waals surface area contributed by atoms with Crippen LogP contribution in [0.4, 0.5) is 5.82 Å². The minimum Gasteiger partial charge on any atom is -0.497 e. The van der Waals surface area contributed by atoms with Crippen molar-refractivity contribution >= 4 is 23.3 Å². The Morgan fingerprint density at radius 2 is 1.88 bits per heavy atom. The maximum atomic E-state index is 12.1. The predicted molar refractivity (Wildman–Crippen MR) is 96.6 cm³/mol. The number of amides is 1. The van der Waals surface area contributed by atoms with Gasteiger partial charge in [0.15, 0.2) is 12.3 Å². The van der Waals surface area contributed by atoms with E-state index in [0.29, 0.717) is 16.5 Å². The lowest BCUT2D eigenvalue weighted by atomic mass is 10.1. The molecule has 0 aliphatic rings. The standard InChI is InChI=1S/C18H16ClN3O4/c1-11-9-14(24-2)7-8-15(11)17-18(22-26-21-17)20-16(23)10-25-13-5-3-12(19)4-6-13/h3-9H,10H2,1-2H3,(H,20,22,23). The van der Waals surface area contributed by atoms with E-state index >= 15 is 0 Å². The van der Waals surface area contributed by atoms with Crippen molar-refractivity contribution in [2.75, 3.05) is 19.0 Å². The largest absolute Gasteiger partial charge is 0.497 e. The average molecular weight is 374 g/mol. The summed E-state index contributed by atoms with van der Waals surface area (Å²) in [5.74, 6) is 1.10. The van der Waals surface area contributed by atoms with E-state index in [2.05, 4.69) is 15.6 Å². The van der Waals surface area contributed by atoms with Crippen LogP contribution in [0.15, 0.2) is 47.1 Å². The van der Waals surface area contributed by atoms with Gasteiger partial charge in [-0.1, -0.05) is 11.6 Å². The number of carbonyl (C=O) groups is 1. The van der Waals surface area contributed by atoms with Crippen LogP contribution in [0.2, 0.25) is 5.02 Å². The van der Waals surface area contributed by atoms with Crippen LogP contribution < -0.4 is 14.8 Å². The van der Waals surface area contributed by atoms with Crippen LogP contribution in [0.3, 0.4) is 0 Å². The summed E-state index contributed by atoms with van der Waals surface area (Å²) in [6, 6.07) is 12.2. The van der Waals surface area contributed by atoms with Crippen molar-refractivity contribution in [2.24, 2.45) is 0 Å². The van der Waals surface area contributed by atoms with Crippen molar-refractivity contribution in [3.63, 3.8) is 0 Å². The molecule has 0 saturated carbocycles. The second kappa shape index (κ2) is 7.88. The molecule has 3 rings (SSSR count). The molecule has 0 fully saturated rings. The van der Waals surface area contributed by atoms with E-state index in [1.54, 1.807) is 37.4 Å². The van der Waals surface area contributed by atoms with Crippen molar-refractivity contribution in [1.29, 1.82) is 0 Å². The Balaban J connectivity index is 1.68. The molecule has 134 valence electrons. The van der Waals surface area contributed by atoms with Crippen LogP contribution in [-0.2, 0) is 4.79 Å². The lowest BCUT2D eigenvalue weighted by Gasteiger charge is -2.08. The van der Waals surface area contributed by atoms with Gasteiger partial charge in [-0.05, 0) is 65.3 Å². The van der Waals surface area contributed by atoms with Crippen LogP contribution in [-0.4, -0.2) is 29.9 Å². The monoisotopic (exact) mass is 373 g/mol. The van der Waals surface area contributed by atoms with Gasteiger partial charge in [0, 0.05) is 10.6 Å². The number of hydrogen-bond donors (Lipinski definition) is 1. The van der Waals surface area contributed by atoms with Crippen molar-refractivity contribution in [2.45, 2.75) is 6.92 Å². The summed E-state index contributed by atoms with van der Waals surface area (Å²) in [6.07, 6.45) is 0. The molecule has 3 aromatic rings. The third-order valence-electron chi connectivity index (χ3n) is 3.62. The van der Waals surface area contributed by atoms with Gasteiger partial charge in [-0.2, -0.15) is 0 Å². The molecule has 8 heteroatoms. The van der Waals surface area contributed by atoms with E-state index in [4.69, 9.17) is 25.7 Å². The number of methoxy groups -OCH3 is 1. The zero-order chi connectivity index (χ0) is 18.5. The van der Waals surface area contributed by atoms with Crippen LogP contribution in [0.5, 0.6) is 11.5 Å². The SMILES string of the molecule is COc1ccc(-c2nonc2NC(=O)COc2ccc(Cl)cc2)c(C)c1. The molecule has 1 heterocycles. The van der Waals surface area contributed by atoms with Gasteiger partial charge in [0.05, 0.1) is 7.11 Å². The number of carbonyl (C=O) groups excluding carboxylic acids is 1. The molecule has 26 heavy (non-hydrogen) atoms. The van der Waals surface area contributed by atoms with E-state index in [1.807, 2.05) is 19.1 Å². The molecule has 0 aliphatic heterocycles. The summed E-state index contributed by atoms with van der Waals surface area (Å²) < 4.78 is 15.4. The third-order valence-corrected chi connectivity index (χ3v) is 3.87. The van der Waals surface area contributed by atoms with E-state index < -0.39 is 0 Å². The van der Waals surface area contributed by atoms with Crippen molar-refractivity contribution < 1.29 is 18.9 Å². The smallest absolute Gasteiger partial charge is 0.263 e. The predicted octanol–water partition coefficient (Wildman–Crippen LogP) is 3.72. The van der Waals surface area contributed by atoms with Gasteiger partial charge in [-0.3, -0.25) is 4.79 Å². The Morgan fingerprint density at radius 3 is 2.58 bits per heavy atom. The van der Waals surface area contributed by atoms with Gasteiger partial charge in [0.2, 0.25) is 5.82 Å². The first kappa shape index (κ1) is 17.8. The minimum absolute atomic E-state index is 0.185. The Bertz CT molecular complexity index is 909. The maximum Gasteiger partial charge on any atom is 0.263 e. The molecule has 0 unspecified atom stereocenters. The fraction of sp³-hybridized carbons (Fsp3) is 0.167. The highest BCUT2D eigenvalue weighted by Crippen LogP contribution is 2.29. The van der Waals surface area contributed by atoms with Crippen molar-refractivity contribution in [3.8, 4) is 22.8 Å². The number of nitrogens with one attached hydrogen (secondary N) is 1. The summed E-state index contributed by atoms with van der Waals surface area (Å²) in [6.45, 7) is 1.72. The molecular weight excluding hydrogens is 358 g/mol. The van der Waals surface area contributed by atoms with Crippen LogP contribution in [0, 0.1) is 6.92 Å². The van der Waals surface area contributed by atoms with Crippen molar-refractivity contribution in [3.05, 3.63) is 53.1 Å². The van der Waals surface area contributed by atoms with E-state index in [-0.39, 0.29) is 18.3 Å². The Morgan fingerprint density at radius 1 is 1.15 bits per heavy atom. The maximum absolute atomic E-state index is 12.1. The molecule has 0 radical (unpaired) electrons. The summed E-state index contributed by atoms with van der Waals surface area (Å²) >= 11 is 5.81. The third kappa shape index (κ3) is 4.12. The number of aryl methyl sites for hydroxylation is 1. The number of aromatic nitrogens is 2. The van der Waals surface area contributed by atoms with Crippen LogP contribution in [0.1, 0.15) is 5.56 Å². The first-order chi connectivity index (χ1) is 12.6. The fourth-order valence-corrected chi connectivity index (χ4v) is 2.45. The number of ether oxygens (including phenoxy) is 2. The second-order valence-electron chi connectivity index (χ2n) is 5.43. The summed E-state index contributed by atoms with van der Waals surface area (Å²) in [5, 5.41) is 10.9. The number of halogens is 1. The molecule has 2 aromatic carbocycles. The van der Waals surface area contributed by atoms with E-state index in [9.17, 15) is 4.79 Å². The summed E-state index contributed by atoms with van der Waals surface area (Å²) in [5.41, 5.74) is 2.12. The number of benzene rings is 2. The minimum atomic E-state index is -0.386. The molecule has 0 atom stereocenters. The summed E-state index contributed by atoms with van der Waals surface area (Å²) in [4.78, 5) is 12.1. The molecule has 0 aliphatic carbocycles.